The van der Waals surface area contributed by atoms with Crippen LogP contribution in [-0.4, -0.2) is 10.8 Å². The number of hydrogen-bond acceptors (Lipinski definition) is 3. The molecule has 1 heterocycles. The van der Waals surface area contributed by atoms with Gasteiger partial charge >= 0.3 is 0 Å². The minimum Gasteiger partial charge on any atom is -0.384 e. The highest BCUT2D eigenvalue weighted by molar-refractivity contribution is 5.83. The lowest BCUT2D eigenvalue weighted by Gasteiger charge is -2.11. The topological polar surface area (TPSA) is 56.0 Å². The molecule has 0 spiro atoms. The molecule has 0 saturated carbocycles. The van der Waals surface area contributed by atoms with E-state index in [9.17, 15) is 4.79 Å². The first-order chi connectivity index (χ1) is 8.24. The highest BCUT2D eigenvalue weighted by Gasteiger charge is 2.10. The molecule has 0 saturated heterocycles. The van der Waals surface area contributed by atoms with E-state index in [0.29, 0.717) is 18.7 Å². The number of ketones is 1. The summed E-state index contributed by atoms with van der Waals surface area (Å²) >= 11 is 0. The molecule has 0 unspecified atom stereocenters. The van der Waals surface area contributed by atoms with Crippen LogP contribution in [0.3, 0.4) is 0 Å². The van der Waals surface area contributed by atoms with Crippen LogP contribution in [0.25, 0.3) is 0 Å². The van der Waals surface area contributed by atoms with Gasteiger partial charge in [0.2, 0.25) is 0 Å². The van der Waals surface area contributed by atoms with Crippen LogP contribution in [0, 0.1) is 0 Å². The molecule has 1 aromatic rings. The molecule has 2 rings (SSSR count). The molecule has 0 bridgehead atoms. The molecule has 1 aromatic heterocycles. The molecule has 1 aliphatic rings. The Hall–Kier alpha value is -1.64. The number of hydrogen-bond donors (Lipinski definition) is 1. The lowest BCUT2D eigenvalue weighted by molar-refractivity contribution is -0.117. The highest BCUT2D eigenvalue weighted by atomic mass is 16.1. The second kappa shape index (κ2) is 5.62. The predicted octanol–water partition coefficient (Wildman–Crippen LogP) is 2.67. The zero-order valence-corrected chi connectivity index (χ0v) is 9.98. The van der Waals surface area contributed by atoms with E-state index in [0.717, 1.165) is 18.4 Å². The van der Waals surface area contributed by atoms with Crippen molar-refractivity contribution in [3.05, 3.63) is 35.5 Å². The molecular weight excluding hydrogens is 212 g/mol. The minimum absolute atomic E-state index is 0.267. The van der Waals surface area contributed by atoms with Crippen molar-refractivity contribution >= 4 is 11.6 Å². The summed E-state index contributed by atoms with van der Waals surface area (Å²) in [5.41, 5.74) is 7.85. The third-order valence-corrected chi connectivity index (χ3v) is 3.06. The SMILES string of the molecule is Nc1cc(CC(=O)CC2=CCCCC2)ccn1. The van der Waals surface area contributed by atoms with E-state index in [1.165, 1.54) is 18.4 Å². The van der Waals surface area contributed by atoms with Crippen molar-refractivity contribution in [3.8, 4) is 0 Å². The van der Waals surface area contributed by atoms with E-state index in [1.54, 1.807) is 12.3 Å². The van der Waals surface area contributed by atoms with Gasteiger partial charge in [-0.1, -0.05) is 11.6 Å². The Morgan fingerprint density at radius 1 is 1.35 bits per heavy atom. The zero-order chi connectivity index (χ0) is 12.1. The first-order valence-corrected chi connectivity index (χ1v) is 6.14. The molecular formula is C14H18N2O. The maximum Gasteiger partial charge on any atom is 0.141 e. The summed E-state index contributed by atoms with van der Waals surface area (Å²) in [6, 6.07) is 3.62. The Morgan fingerprint density at radius 3 is 2.94 bits per heavy atom. The summed E-state index contributed by atoms with van der Waals surface area (Å²) in [5, 5.41) is 0. The molecule has 0 fully saturated rings. The molecule has 2 N–H and O–H groups in total. The van der Waals surface area contributed by atoms with Crippen molar-refractivity contribution in [3.63, 3.8) is 0 Å². The van der Waals surface area contributed by atoms with Gasteiger partial charge in [-0.3, -0.25) is 4.79 Å². The molecule has 17 heavy (non-hydrogen) atoms. The van der Waals surface area contributed by atoms with Crippen molar-refractivity contribution in [2.45, 2.75) is 38.5 Å². The van der Waals surface area contributed by atoms with Gasteiger partial charge in [0.25, 0.3) is 0 Å². The highest BCUT2D eigenvalue weighted by Crippen LogP contribution is 2.20. The summed E-state index contributed by atoms with van der Waals surface area (Å²) < 4.78 is 0. The van der Waals surface area contributed by atoms with E-state index in [2.05, 4.69) is 11.1 Å². The number of nitrogen functional groups attached to an aromatic ring is 1. The van der Waals surface area contributed by atoms with Crippen LogP contribution in [-0.2, 0) is 11.2 Å². The molecule has 0 aromatic carbocycles. The molecule has 90 valence electrons. The van der Waals surface area contributed by atoms with Gasteiger partial charge in [0.1, 0.15) is 11.6 Å². The van der Waals surface area contributed by atoms with E-state index in [4.69, 9.17) is 5.73 Å². The standard InChI is InChI=1S/C14H18N2O/c15-14-10-12(6-7-16-14)9-13(17)8-11-4-2-1-3-5-11/h4,6-7,10H,1-3,5,8-9H2,(H2,15,16). The number of pyridine rings is 1. The van der Waals surface area contributed by atoms with E-state index < -0.39 is 0 Å². The number of rotatable bonds is 4. The number of carbonyl (C=O) groups is 1. The Kier molecular flexibility index (Phi) is 3.91. The smallest absolute Gasteiger partial charge is 0.141 e. The summed E-state index contributed by atoms with van der Waals surface area (Å²) in [4.78, 5) is 15.8. The largest absolute Gasteiger partial charge is 0.384 e. The van der Waals surface area contributed by atoms with Gasteiger partial charge in [0.05, 0.1) is 0 Å². The number of aromatic nitrogens is 1. The second-order valence-corrected chi connectivity index (χ2v) is 4.59. The van der Waals surface area contributed by atoms with Crippen LogP contribution in [0.15, 0.2) is 30.0 Å². The van der Waals surface area contributed by atoms with E-state index in [-0.39, 0.29) is 5.78 Å². The Balaban J connectivity index is 1.91. The number of anilines is 1. The fourth-order valence-electron chi connectivity index (χ4n) is 2.21. The Labute approximate surface area is 102 Å². The van der Waals surface area contributed by atoms with Gasteiger partial charge in [0, 0.05) is 19.0 Å². The van der Waals surface area contributed by atoms with Crippen LogP contribution < -0.4 is 5.73 Å². The second-order valence-electron chi connectivity index (χ2n) is 4.59. The van der Waals surface area contributed by atoms with Crippen molar-refractivity contribution in [1.82, 2.24) is 4.98 Å². The number of nitrogens with two attached hydrogens (primary N) is 1. The summed E-state index contributed by atoms with van der Waals surface area (Å²) in [6.45, 7) is 0. The van der Waals surface area contributed by atoms with Gasteiger partial charge in [-0.15, -0.1) is 0 Å². The number of allylic oxidation sites excluding steroid dienone is 2. The van der Waals surface area contributed by atoms with Crippen molar-refractivity contribution in [1.29, 1.82) is 0 Å². The molecule has 3 heteroatoms. The maximum absolute atomic E-state index is 11.9. The third-order valence-electron chi connectivity index (χ3n) is 3.06. The number of Topliss-reactive ketones (excluding diaryl/α,β-unsaturated/α-hetero) is 1. The molecule has 0 amide bonds. The summed E-state index contributed by atoms with van der Waals surface area (Å²) in [6.07, 6.45) is 9.64. The normalized spacial score (nSPS) is 15.4. The van der Waals surface area contributed by atoms with Crippen molar-refractivity contribution < 1.29 is 4.79 Å². The average molecular weight is 230 g/mol. The van der Waals surface area contributed by atoms with Gasteiger partial charge in [-0.25, -0.2) is 4.98 Å². The summed E-state index contributed by atoms with van der Waals surface area (Å²) in [7, 11) is 0. The molecule has 0 aliphatic heterocycles. The average Bonchev–Trinajstić information content (AvgIpc) is 2.30. The first kappa shape index (κ1) is 11.8. The van der Waals surface area contributed by atoms with E-state index in [1.807, 2.05) is 6.07 Å². The Bertz CT molecular complexity index is 438. The van der Waals surface area contributed by atoms with Crippen molar-refractivity contribution in [2.24, 2.45) is 0 Å². The van der Waals surface area contributed by atoms with Crippen LogP contribution in [0.4, 0.5) is 5.82 Å². The van der Waals surface area contributed by atoms with Crippen LogP contribution >= 0.6 is 0 Å². The lowest BCUT2D eigenvalue weighted by atomic mass is 9.94. The van der Waals surface area contributed by atoms with Crippen LogP contribution in [0.2, 0.25) is 0 Å². The summed E-state index contributed by atoms with van der Waals surface area (Å²) in [5.74, 6) is 0.746. The fourth-order valence-corrected chi connectivity index (χ4v) is 2.21. The number of carbonyl (C=O) groups excluding carboxylic acids is 1. The third kappa shape index (κ3) is 3.70. The maximum atomic E-state index is 11.9. The van der Waals surface area contributed by atoms with Crippen LogP contribution in [0.5, 0.6) is 0 Å². The van der Waals surface area contributed by atoms with Gasteiger partial charge in [-0.2, -0.15) is 0 Å². The van der Waals surface area contributed by atoms with Crippen LogP contribution in [0.1, 0.15) is 37.7 Å². The fraction of sp³-hybridized carbons (Fsp3) is 0.429. The quantitative estimate of drug-likeness (QED) is 0.809. The predicted molar refractivity (Wildman–Crippen MR) is 68.5 cm³/mol. The minimum atomic E-state index is 0.267. The van der Waals surface area contributed by atoms with E-state index >= 15 is 0 Å². The molecule has 0 radical (unpaired) electrons. The molecule has 0 atom stereocenters. The lowest BCUT2D eigenvalue weighted by Crippen LogP contribution is -2.06. The molecule has 1 aliphatic carbocycles. The zero-order valence-electron chi connectivity index (χ0n) is 9.98. The van der Waals surface area contributed by atoms with Gasteiger partial charge < -0.3 is 5.73 Å². The van der Waals surface area contributed by atoms with Gasteiger partial charge in [-0.05, 0) is 43.4 Å². The number of nitrogens with zero attached hydrogens (tertiary/aromatic N) is 1. The first-order valence-electron chi connectivity index (χ1n) is 6.14. The molecule has 3 nitrogen and oxygen atoms in total. The Morgan fingerprint density at radius 2 is 2.24 bits per heavy atom. The van der Waals surface area contributed by atoms with Gasteiger partial charge in [0.15, 0.2) is 0 Å². The monoisotopic (exact) mass is 230 g/mol. The van der Waals surface area contributed by atoms with Crippen molar-refractivity contribution in [2.75, 3.05) is 5.73 Å².